The van der Waals surface area contributed by atoms with Crippen LogP contribution in [0.4, 0.5) is 10.3 Å². The van der Waals surface area contributed by atoms with Crippen LogP contribution in [0.15, 0.2) is 42.5 Å². The van der Waals surface area contributed by atoms with Gasteiger partial charge in [-0.05, 0) is 31.5 Å². The standard InChI is InChI=1S/C16H16FN3/c1-10-3-5-12(6-4-10)11(2)20-15-8-7-13(17)9-14(15)19-16(20)18/h3-9,11H,1-2H3,(H2,18,19). The molecule has 0 saturated carbocycles. The molecule has 3 rings (SSSR count). The highest BCUT2D eigenvalue weighted by Gasteiger charge is 2.15. The highest BCUT2D eigenvalue weighted by Crippen LogP contribution is 2.27. The van der Waals surface area contributed by atoms with Gasteiger partial charge in [-0.25, -0.2) is 9.37 Å². The van der Waals surface area contributed by atoms with Gasteiger partial charge in [-0.15, -0.1) is 0 Å². The SMILES string of the molecule is Cc1ccc(C(C)n2c(N)nc3cc(F)ccc32)cc1. The van der Waals surface area contributed by atoms with Crippen LogP contribution in [0.5, 0.6) is 0 Å². The summed E-state index contributed by atoms with van der Waals surface area (Å²) in [7, 11) is 0. The van der Waals surface area contributed by atoms with Crippen LogP contribution in [-0.4, -0.2) is 9.55 Å². The van der Waals surface area contributed by atoms with Gasteiger partial charge in [0.05, 0.1) is 17.1 Å². The molecule has 0 saturated heterocycles. The first-order chi connectivity index (χ1) is 9.56. The van der Waals surface area contributed by atoms with Crippen molar-refractivity contribution >= 4 is 17.0 Å². The first kappa shape index (κ1) is 12.7. The number of fused-ring (bicyclic) bond motifs is 1. The van der Waals surface area contributed by atoms with E-state index < -0.39 is 0 Å². The molecule has 3 aromatic rings. The van der Waals surface area contributed by atoms with Crippen LogP contribution in [0.3, 0.4) is 0 Å². The molecule has 1 unspecified atom stereocenters. The summed E-state index contributed by atoms with van der Waals surface area (Å²) in [6.45, 7) is 4.11. The summed E-state index contributed by atoms with van der Waals surface area (Å²) < 4.78 is 15.2. The summed E-state index contributed by atoms with van der Waals surface area (Å²) in [4.78, 5) is 4.24. The number of aromatic nitrogens is 2. The van der Waals surface area contributed by atoms with Crippen LogP contribution in [0, 0.1) is 12.7 Å². The molecule has 1 heterocycles. The molecule has 2 aromatic carbocycles. The fourth-order valence-corrected chi connectivity index (χ4v) is 2.49. The molecule has 0 amide bonds. The average molecular weight is 269 g/mol. The molecule has 0 spiro atoms. The summed E-state index contributed by atoms with van der Waals surface area (Å²) in [5.41, 5.74) is 9.79. The Morgan fingerprint density at radius 1 is 1.15 bits per heavy atom. The summed E-state index contributed by atoms with van der Waals surface area (Å²) in [5.74, 6) is 0.101. The zero-order valence-electron chi connectivity index (χ0n) is 11.5. The van der Waals surface area contributed by atoms with E-state index in [-0.39, 0.29) is 11.9 Å². The molecule has 0 aliphatic heterocycles. The Kier molecular flexibility index (Phi) is 2.93. The molecule has 1 aromatic heterocycles. The minimum Gasteiger partial charge on any atom is -0.369 e. The average Bonchev–Trinajstić information content (AvgIpc) is 2.73. The van der Waals surface area contributed by atoms with Crippen LogP contribution in [0.25, 0.3) is 11.0 Å². The minimum atomic E-state index is -0.301. The van der Waals surface area contributed by atoms with E-state index in [1.165, 1.54) is 17.7 Å². The van der Waals surface area contributed by atoms with Gasteiger partial charge in [0, 0.05) is 6.07 Å². The van der Waals surface area contributed by atoms with Crippen molar-refractivity contribution in [2.24, 2.45) is 0 Å². The predicted molar refractivity (Wildman–Crippen MR) is 79.1 cm³/mol. The topological polar surface area (TPSA) is 43.8 Å². The molecule has 2 N–H and O–H groups in total. The number of imidazole rings is 1. The normalized spacial score (nSPS) is 12.8. The van der Waals surface area contributed by atoms with Gasteiger partial charge in [0.2, 0.25) is 5.95 Å². The fourth-order valence-electron chi connectivity index (χ4n) is 2.49. The lowest BCUT2D eigenvalue weighted by Crippen LogP contribution is -2.10. The number of benzene rings is 2. The lowest BCUT2D eigenvalue weighted by atomic mass is 10.1. The molecular formula is C16H16FN3. The Morgan fingerprint density at radius 2 is 1.85 bits per heavy atom. The van der Waals surface area contributed by atoms with Gasteiger partial charge in [-0.2, -0.15) is 0 Å². The maximum Gasteiger partial charge on any atom is 0.201 e. The van der Waals surface area contributed by atoms with E-state index >= 15 is 0 Å². The Hall–Kier alpha value is -2.36. The van der Waals surface area contributed by atoms with Crippen LogP contribution in [0.2, 0.25) is 0 Å². The first-order valence-corrected chi connectivity index (χ1v) is 6.56. The molecule has 0 bridgehead atoms. The summed E-state index contributed by atoms with van der Waals surface area (Å²) in [5, 5.41) is 0. The number of anilines is 1. The fraction of sp³-hybridized carbons (Fsp3) is 0.188. The van der Waals surface area contributed by atoms with E-state index in [2.05, 4.69) is 43.1 Å². The Bertz CT molecular complexity index is 759. The van der Waals surface area contributed by atoms with E-state index in [4.69, 9.17) is 5.73 Å². The van der Waals surface area contributed by atoms with Crippen molar-refractivity contribution in [3.63, 3.8) is 0 Å². The summed E-state index contributed by atoms with van der Waals surface area (Å²) in [6, 6.07) is 12.9. The van der Waals surface area contributed by atoms with Gasteiger partial charge in [0.25, 0.3) is 0 Å². The number of rotatable bonds is 2. The third-order valence-corrected chi connectivity index (χ3v) is 3.63. The third-order valence-electron chi connectivity index (χ3n) is 3.63. The molecule has 0 fully saturated rings. The molecule has 1 atom stereocenters. The van der Waals surface area contributed by atoms with Crippen LogP contribution in [-0.2, 0) is 0 Å². The summed E-state index contributed by atoms with van der Waals surface area (Å²) >= 11 is 0. The lowest BCUT2D eigenvalue weighted by Gasteiger charge is -2.16. The van der Waals surface area contributed by atoms with E-state index in [1.807, 2.05) is 4.57 Å². The van der Waals surface area contributed by atoms with Gasteiger partial charge in [-0.3, -0.25) is 0 Å². The van der Waals surface area contributed by atoms with Crippen molar-refractivity contribution < 1.29 is 4.39 Å². The number of hydrogen-bond donors (Lipinski definition) is 1. The number of nitrogen functional groups attached to an aromatic ring is 1. The Morgan fingerprint density at radius 3 is 2.55 bits per heavy atom. The van der Waals surface area contributed by atoms with Crippen molar-refractivity contribution in [2.75, 3.05) is 5.73 Å². The molecule has 0 aliphatic carbocycles. The third kappa shape index (κ3) is 2.03. The van der Waals surface area contributed by atoms with Crippen LogP contribution >= 0.6 is 0 Å². The van der Waals surface area contributed by atoms with Crippen LogP contribution < -0.4 is 5.73 Å². The zero-order valence-corrected chi connectivity index (χ0v) is 11.5. The number of hydrogen-bond acceptors (Lipinski definition) is 2. The van der Waals surface area contributed by atoms with Crippen LogP contribution in [0.1, 0.15) is 24.1 Å². The van der Waals surface area contributed by atoms with E-state index in [1.54, 1.807) is 6.07 Å². The van der Waals surface area contributed by atoms with Gasteiger partial charge in [-0.1, -0.05) is 29.8 Å². The second kappa shape index (κ2) is 4.63. The molecular weight excluding hydrogens is 253 g/mol. The monoisotopic (exact) mass is 269 g/mol. The van der Waals surface area contributed by atoms with Gasteiger partial charge < -0.3 is 10.3 Å². The largest absolute Gasteiger partial charge is 0.369 e. The Labute approximate surface area is 116 Å². The number of nitrogens with zero attached hydrogens (tertiary/aromatic N) is 2. The van der Waals surface area contributed by atoms with Gasteiger partial charge >= 0.3 is 0 Å². The second-order valence-corrected chi connectivity index (χ2v) is 5.06. The molecule has 20 heavy (non-hydrogen) atoms. The van der Waals surface area contributed by atoms with Gasteiger partial charge in [0.1, 0.15) is 5.82 Å². The number of aryl methyl sites for hydroxylation is 1. The highest BCUT2D eigenvalue weighted by atomic mass is 19.1. The number of halogens is 1. The zero-order chi connectivity index (χ0) is 14.3. The quantitative estimate of drug-likeness (QED) is 0.771. The van der Waals surface area contributed by atoms with Crippen molar-refractivity contribution in [2.45, 2.75) is 19.9 Å². The maximum absolute atomic E-state index is 13.3. The first-order valence-electron chi connectivity index (χ1n) is 6.56. The van der Waals surface area contributed by atoms with Crippen molar-refractivity contribution in [1.82, 2.24) is 9.55 Å². The molecule has 102 valence electrons. The molecule has 3 nitrogen and oxygen atoms in total. The molecule has 4 heteroatoms. The van der Waals surface area contributed by atoms with E-state index in [0.29, 0.717) is 11.5 Å². The van der Waals surface area contributed by atoms with E-state index in [0.717, 1.165) is 11.1 Å². The van der Waals surface area contributed by atoms with Crippen molar-refractivity contribution in [3.8, 4) is 0 Å². The lowest BCUT2D eigenvalue weighted by molar-refractivity contribution is 0.628. The van der Waals surface area contributed by atoms with Gasteiger partial charge in [0.15, 0.2) is 0 Å². The predicted octanol–water partition coefficient (Wildman–Crippen LogP) is 3.68. The maximum atomic E-state index is 13.3. The second-order valence-electron chi connectivity index (χ2n) is 5.06. The van der Waals surface area contributed by atoms with Crippen molar-refractivity contribution in [3.05, 3.63) is 59.4 Å². The highest BCUT2D eigenvalue weighted by molar-refractivity contribution is 5.78. The van der Waals surface area contributed by atoms with Crippen molar-refractivity contribution in [1.29, 1.82) is 0 Å². The minimum absolute atomic E-state index is 0.0473. The molecule has 0 radical (unpaired) electrons. The molecule has 0 aliphatic rings. The number of nitrogens with two attached hydrogens (primary N) is 1. The summed E-state index contributed by atoms with van der Waals surface area (Å²) in [6.07, 6.45) is 0. The van der Waals surface area contributed by atoms with E-state index in [9.17, 15) is 4.39 Å². The smallest absolute Gasteiger partial charge is 0.201 e. The Balaban J connectivity index is 2.13.